The van der Waals surface area contributed by atoms with E-state index in [9.17, 15) is 4.79 Å². The number of carbonyl (C=O) groups is 1. The van der Waals surface area contributed by atoms with E-state index >= 15 is 0 Å². The van der Waals surface area contributed by atoms with Crippen molar-refractivity contribution in [2.45, 2.75) is 25.8 Å². The van der Waals surface area contributed by atoms with Crippen LogP contribution < -0.4 is 10.2 Å². The summed E-state index contributed by atoms with van der Waals surface area (Å²) in [5.41, 5.74) is 1.72. The van der Waals surface area contributed by atoms with Crippen LogP contribution in [0.2, 0.25) is 5.02 Å². The van der Waals surface area contributed by atoms with Crippen molar-refractivity contribution in [2.75, 3.05) is 16.8 Å². The van der Waals surface area contributed by atoms with Crippen LogP contribution in [0, 0.1) is 0 Å². The van der Waals surface area contributed by atoms with E-state index in [4.69, 9.17) is 11.6 Å². The van der Waals surface area contributed by atoms with Crippen molar-refractivity contribution in [3.05, 3.63) is 47.4 Å². The fourth-order valence-electron chi connectivity index (χ4n) is 3.04. The number of hydrogen-bond donors (Lipinski definition) is 1. The van der Waals surface area contributed by atoms with Gasteiger partial charge < -0.3 is 10.2 Å². The first-order valence-corrected chi connectivity index (χ1v) is 8.56. The Balaban J connectivity index is 1.60. The molecule has 3 heterocycles. The molecule has 3 aromatic rings. The molecule has 4 rings (SSSR count). The Morgan fingerprint density at radius 3 is 3.04 bits per heavy atom. The second-order valence-electron chi connectivity index (χ2n) is 5.91. The number of aryl methyl sites for hydroxylation is 1. The molecule has 0 spiro atoms. The van der Waals surface area contributed by atoms with E-state index in [0.717, 1.165) is 23.6 Å². The number of aromatic nitrogens is 4. The zero-order chi connectivity index (χ0) is 17.4. The molecule has 7 nitrogen and oxygen atoms in total. The number of halogens is 1. The molecule has 0 radical (unpaired) electrons. The van der Waals surface area contributed by atoms with Gasteiger partial charge in [-0.3, -0.25) is 4.79 Å². The molecule has 2 aromatic heterocycles. The second-order valence-corrected chi connectivity index (χ2v) is 6.35. The molecule has 1 unspecified atom stereocenters. The molecule has 1 aliphatic rings. The van der Waals surface area contributed by atoms with E-state index < -0.39 is 0 Å². The molecule has 1 N–H and O–H groups in total. The van der Waals surface area contributed by atoms with Crippen molar-refractivity contribution in [3.63, 3.8) is 0 Å². The minimum Gasteiger partial charge on any atom is -0.358 e. The molecule has 1 aromatic carbocycles. The van der Waals surface area contributed by atoms with Crippen LogP contribution in [0.15, 0.2) is 36.7 Å². The first-order chi connectivity index (χ1) is 12.2. The summed E-state index contributed by atoms with van der Waals surface area (Å²) in [5, 5.41) is 8.11. The second kappa shape index (κ2) is 6.33. The zero-order valence-corrected chi connectivity index (χ0v) is 14.4. The highest BCUT2D eigenvalue weighted by Crippen LogP contribution is 2.26. The van der Waals surface area contributed by atoms with Gasteiger partial charge in [0.2, 0.25) is 5.91 Å². The Hall–Kier alpha value is -2.67. The average molecular weight is 357 g/mol. The van der Waals surface area contributed by atoms with Gasteiger partial charge in [-0.2, -0.15) is 14.6 Å². The van der Waals surface area contributed by atoms with Crippen molar-refractivity contribution in [1.29, 1.82) is 0 Å². The quantitative estimate of drug-likeness (QED) is 0.777. The minimum atomic E-state index is -0.321. The molecular formula is C17H17ClN6O. The third-order valence-electron chi connectivity index (χ3n) is 4.31. The molecule has 1 amide bonds. The predicted octanol–water partition coefficient (Wildman–Crippen LogP) is 2.56. The lowest BCUT2D eigenvalue weighted by Gasteiger charge is -2.18. The molecular weight excluding hydrogens is 340 g/mol. The Morgan fingerprint density at radius 2 is 2.24 bits per heavy atom. The molecule has 128 valence electrons. The topological polar surface area (TPSA) is 75.4 Å². The Kier molecular flexibility index (Phi) is 4.01. The summed E-state index contributed by atoms with van der Waals surface area (Å²) in [7, 11) is 0. The number of amides is 1. The number of rotatable bonds is 4. The first kappa shape index (κ1) is 15.8. The lowest BCUT2D eigenvalue weighted by Crippen LogP contribution is -2.34. The van der Waals surface area contributed by atoms with Gasteiger partial charge in [0.1, 0.15) is 18.2 Å². The van der Waals surface area contributed by atoms with Crippen molar-refractivity contribution in [3.8, 4) is 0 Å². The maximum atomic E-state index is 12.8. The van der Waals surface area contributed by atoms with Crippen LogP contribution in [0.25, 0.3) is 5.78 Å². The summed E-state index contributed by atoms with van der Waals surface area (Å²) in [6.07, 6.45) is 2.94. The van der Waals surface area contributed by atoms with Crippen LogP contribution in [-0.4, -0.2) is 38.1 Å². The summed E-state index contributed by atoms with van der Waals surface area (Å²) < 4.78 is 1.62. The van der Waals surface area contributed by atoms with Crippen LogP contribution >= 0.6 is 11.6 Å². The molecule has 0 saturated carbocycles. The predicted molar refractivity (Wildman–Crippen MR) is 96.0 cm³/mol. The normalized spacial score (nSPS) is 17.4. The fourth-order valence-corrected chi connectivity index (χ4v) is 3.22. The van der Waals surface area contributed by atoms with Gasteiger partial charge in [0, 0.05) is 29.0 Å². The SMILES string of the molecule is CCc1cc(NC2CCN(c3cccc(Cl)c3)C2=O)n2ncnc2n1. The van der Waals surface area contributed by atoms with Crippen LogP contribution in [0.4, 0.5) is 11.5 Å². The Labute approximate surface area is 149 Å². The summed E-state index contributed by atoms with van der Waals surface area (Å²) in [5.74, 6) is 1.27. The Morgan fingerprint density at radius 1 is 1.36 bits per heavy atom. The third-order valence-corrected chi connectivity index (χ3v) is 4.55. The number of benzene rings is 1. The molecule has 25 heavy (non-hydrogen) atoms. The van der Waals surface area contributed by atoms with Gasteiger partial charge in [-0.05, 0) is 31.0 Å². The number of hydrogen-bond acceptors (Lipinski definition) is 5. The highest BCUT2D eigenvalue weighted by molar-refractivity contribution is 6.31. The summed E-state index contributed by atoms with van der Waals surface area (Å²) in [6.45, 7) is 2.67. The van der Waals surface area contributed by atoms with E-state index in [0.29, 0.717) is 23.8 Å². The van der Waals surface area contributed by atoms with Crippen LogP contribution in [0.3, 0.4) is 0 Å². The van der Waals surface area contributed by atoms with E-state index in [1.54, 1.807) is 21.5 Å². The highest BCUT2D eigenvalue weighted by atomic mass is 35.5. The van der Waals surface area contributed by atoms with Gasteiger partial charge >= 0.3 is 0 Å². The molecule has 0 bridgehead atoms. The summed E-state index contributed by atoms with van der Waals surface area (Å²) in [4.78, 5) is 23.1. The summed E-state index contributed by atoms with van der Waals surface area (Å²) >= 11 is 6.04. The maximum Gasteiger partial charge on any atom is 0.254 e. The van der Waals surface area contributed by atoms with Gasteiger partial charge in [0.25, 0.3) is 5.78 Å². The van der Waals surface area contributed by atoms with Crippen molar-refractivity contribution in [2.24, 2.45) is 0 Å². The van der Waals surface area contributed by atoms with E-state index in [1.807, 2.05) is 25.1 Å². The smallest absolute Gasteiger partial charge is 0.254 e. The van der Waals surface area contributed by atoms with Gasteiger partial charge in [-0.1, -0.05) is 24.6 Å². The molecule has 1 fully saturated rings. The van der Waals surface area contributed by atoms with Crippen molar-refractivity contribution >= 4 is 34.8 Å². The summed E-state index contributed by atoms with van der Waals surface area (Å²) in [6, 6.07) is 8.94. The third kappa shape index (κ3) is 2.91. The molecule has 8 heteroatoms. The molecule has 1 aliphatic heterocycles. The molecule has 1 saturated heterocycles. The number of carbonyl (C=O) groups excluding carboxylic acids is 1. The van der Waals surface area contributed by atoms with E-state index in [-0.39, 0.29) is 11.9 Å². The maximum absolute atomic E-state index is 12.8. The number of nitrogens with zero attached hydrogens (tertiary/aromatic N) is 5. The minimum absolute atomic E-state index is 0.0189. The van der Waals surface area contributed by atoms with Crippen molar-refractivity contribution in [1.82, 2.24) is 19.6 Å². The average Bonchev–Trinajstić information content (AvgIpc) is 3.22. The van der Waals surface area contributed by atoms with E-state index in [2.05, 4.69) is 20.4 Å². The molecule has 1 atom stereocenters. The first-order valence-electron chi connectivity index (χ1n) is 8.19. The van der Waals surface area contributed by atoms with E-state index in [1.165, 1.54) is 6.33 Å². The van der Waals surface area contributed by atoms with Gasteiger partial charge in [0.15, 0.2) is 0 Å². The lowest BCUT2D eigenvalue weighted by molar-refractivity contribution is -0.117. The van der Waals surface area contributed by atoms with Crippen LogP contribution in [0.5, 0.6) is 0 Å². The number of nitrogens with one attached hydrogen (secondary N) is 1. The van der Waals surface area contributed by atoms with Gasteiger partial charge in [-0.25, -0.2) is 4.98 Å². The zero-order valence-electron chi connectivity index (χ0n) is 13.7. The monoisotopic (exact) mass is 356 g/mol. The standard InChI is InChI=1S/C17H17ClN6O/c1-2-12-9-15(24-17(21-12)19-10-20-24)22-14-6-7-23(16(14)25)13-5-3-4-11(18)8-13/h3-5,8-10,14,22H,2,6-7H2,1H3. The van der Waals surface area contributed by atoms with Gasteiger partial charge in [0.05, 0.1) is 0 Å². The fraction of sp³-hybridized carbons (Fsp3) is 0.294. The number of anilines is 2. The number of fused-ring (bicyclic) bond motifs is 1. The lowest BCUT2D eigenvalue weighted by atomic mass is 10.2. The molecule has 0 aliphatic carbocycles. The van der Waals surface area contributed by atoms with Gasteiger partial charge in [-0.15, -0.1) is 0 Å². The largest absolute Gasteiger partial charge is 0.358 e. The Bertz CT molecular complexity index is 940. The van der Waals surface area contributed by atoms with Crippen LogP contribution in [-0.2, 0) is 11.2 Å². The van der Waals surface area contributed by atoms with Crippen LogP contribution in [0.1, 0.15) is 19.0 Å². The van der Waals surface area contributed by atoms with Crippen molar-refractivity contribution < 1.29 is 4.79 Å². The highest BCUT2D eigenvalue weighted by Gasteiger charge is 2.33.